The summed E-state index contributed by atoms with van der Waals surface area (Å²) in [5, 5.41) is 0.129. The fourth-order valence-corrected chi connectivity index (χ4v) is 0.934. The van der Waals surface area contributed by atoms with Crippen LogP contribution in [0.3, 0.4) is 0 Å². The first-order valence-corrected chi connectivity index (χ1v) is 4.69. The molecule has 0 bridgehead atoms. The normalized spacial score (nSPS) is 11.8. The highest BCUT2D eigenvalue weighted by molar-refractivity contribution is 8.13. The maximum Gasteiger partial charge on any atom is 0.159 e. The number of para-hydroxylation sites is 1. The molecule has 1 rings (SSSR count). The highest BCUT2D eigenvalue weighted by Gasteiger charge is 2.06. The van der Waals surface area contributed by atoms with Crippen LogP contribution in [-0.4, -0.2) is 11.4 Å². The zero-order chi connectivity index (χ0) is 9.84. The molecule has 13 heavy (non-hydrogen) atoms. The van der Waals surface area contributed by atoms with Gasteiger partial charge in [-0.2, -0.15) is 0 Å². The van der Waals surface area contributed by atoms with E-state index in [-0.39, 0.29) is 10.9 Å². The molecule has 2 nitrogen and oxygen atoms in total. The lowest BCUT2D eigenvalue weighted by Crippen LogP contribution is -2.04. The minimum Gasteiger partial charge on any atom is -0.378 e. The lowest BCUT2D eigenvalue weighted by atomic mass is 10.3. The van der Waals surface area contributed by atoms with E-state index in [0.717, 1.165) is 23.9 Å². The number of thioether (sulfide) groups is 1. The Morgan fingerprint density at radius 3 is 2.38 bits per heavy atom. The maximum atomic E-state index is 12.9. The first kappa shape index (κ1) is 9.98. The third kappa shape index (κ3) is 2.42. The van der Waals surface area contributed by atoms with Crippen molar-refractivity contribution in [2.45, 2.75) is 0 Å². The first-order chi connectivity index (χ1) is 6.15. The number of hydrogen-bond acceptors (Lipinski definition) is 2. The van der Waals surface area contributed by atoms with Crippen LogP contribution in [-0.2, 0) is 0 Å². The summed E-state index contributed by atoms with van der Waals surface area (Å²) in [5.41, 5.74) is 4.98. The molecule has 0 atom stereocenters. The van der Waals surface area contributed by atoms with E-state index in [1.807, 2.05) is 0 Å². The summed E-state index contributed by atoms with van der Waals surface area (Å²) in [5.74, 6) is -1.42. The molecule has 0 aromatic heterocycles. The molecule has 0 heterocycles. The molecule has 0 aliphatic rings. The van der Waals surface area contributed by atoms with Crippen molar-refractivity contribution in [1.29, 1.82) is 0 Å². The number of aliphatic imine (C=N–C) groups is 1. The smallest absolute Gasteiger partial charge is 0.159 e. The zero-order valence-corrected chi connectivity index (χ0v) is 7.74. The van der Waals surface area contributed by atoms with Crippen LogP contribution < -0.4 is 5.73 Å². The molecular weight excluding hydrogens is 194 g/mol. The van der Waals surface area contributed by atoms with Gasteiger partial charge in [-0.1, -0.05) is 17.8 Å². The van der Waals surface area contributed by atoms with Crippen molar-refractivity contribution in [3.8, 4) is 0 Å². The van der Waals surface area contributed by atoms with Gasteiger partial charge in [-0.15, -0.1) is 0 Å². The van der Waals surface area contributed by atoms with Gasteiger partial charge < -0.3 is 5.73 Å². The Morgan fingerprint density at radius 1 is 1.38 bits per heavy atom. The molecule has 1 aromatic rings. The van der Waals surface area contributed by atoms with E-state index in [1.165, 1.54) is 6.07 Å². The van der Waals surface area contributed by atoms with Gasteiger partial charge >= 0.3 is 0 Å². The summed E-state index contributed by atoms with van der Waals surface area (Å²) in [4.78, 5) is 3.58. The SMILES string of the molecule is CSC(N)=Nc1c(F)cccc1F. The van der Waals surface area contributed by atoms with E-state index in [2.05, 4.69) is 4.99 Å². The number of nitrogens with zero attached hydrogens (tertiary/aromatic N) is 1. The molecule has 0 radical (unpaired) electrons. The predicted octanol–water partition coefficient (Wildman–Crippen LogP) is 2.27. The summed E-state index contributed by atoms with van der Waals surface area (Å²) >= 11 is 1.13. The summed E-state index contributed by atoms with van der Waals surface area (Å²) < 4.78 is 25.9. The molecule has 2 N–H and O–H groups in total. The Labute approximate surface area is 78.9 Å². The minimum atomic E-state index is -0.711. The molecule has 0 aliphatic carbocycles. The molecule has 1 aromatic carbocycles. The lowest BCUT2D eigenvalue weighted by molar-refractivity contribution is 0.587. The lowest BCUT2D eigenvalue weighted by Gasteiger charge is -1.99. The second-order valence-corrected chi connectivity index (χ2v) is 3.05. The second kappa shape index (κ2) is 4.23. The van der Waals surface area contributed by atoms with Crippen LogP contribution in [0.2, 0.25) is 0 Å². The maximum absolute atomic E-state index is 12.9. The number of nitrogens with two attached hydrogens (primary N) is 1. The van der Waals surface area contributed by atoms with Gasteiger partial charge in [-0.05, 0) is 18.4 Å². The van der Waals surface area contributed by atoms with E-state index >= 15 is 0 Å². The van der Waals surface area contributed by atoms with Crippen LogP contribution in [0.25, 0.3) is 0 Å². The zero-order valence-electron chi connectivity index (χ0n) is 6.92. The topological polar surface area (TPSA) is 38.4 Å². The summed E-state index contributed by atoms with van der Waals surface area (Å²) in [7, 11) is 0. The third-order valence-electron chi connectivity index (χ3n) is 1.37. The molecule has 0 fully saturated rings. The summed E-state index contributed by atoms with van der Waals surface area (Å²) in [6, 6.07) is 3.55. The first-order valence-electron chi connectivity index (χ1n) is 3.47. The van der Waals surface area contributed by atoms with Gasteiger partial charge in [0.1, 0.15) is 5.69 Å². The van der Waals surface area contributed by atoms with Crippen molar-refractivity contribution in [3.63, 3.8) is 0 Å². The number of rotatable bonds is 1. The van der Waals surface area contributed by atoms with Crippen molar-refractivity contribution in [2.75, 3.05) is 6.26 Å². The number of benzene rings is 1. The number of amidine groups is 1. The second-order valence-electron chi connectivity index (χ2n) is 2.22. The van der Waals surface area contributed by atoms with Gasteiger partial charge in [-0.3, -0.25) is 0 Å². The Kier molecular flexibility index (Phi) is 3.25. The number of hydrogen-bond donors (Lipinski definition) is 1. The monoisotopic (exact) mass is 202 g/mol. The van der Waals surface area contributed by atoms with Gasteiger partial charge in [0.25, 0.3) is 0 Å². The van der Waals surface area contributed by atoms with Crippen LogP contribution in [0, 0.1) is 11.6 Å². The van der Waals surface area contributed by atoms with Crippen LogP contribution in [0.15, 0.2) is 23.2 Å². The summed E-state index contributed by atoms with van der Waals surface area (Å²) in [6.07, 6.45) is 1.68. The molecule has 5 heteroatoms. The van der Waals surface area contributed by atoms with Crippen molar-refractivity contribution in [3.05, 3.63) is 29.8 Å². The fourth-order valence-electron chi connectivity index (χ4n) is 0.752. The summed E-state index contributed by atoms with van der Waals surface area (Å²) in [6.45, 7) is 0. The van der Waals surface area contributed by atoms with Crippen LogP contribution >= 0.6 is 11.8 Å². The van der Waals surface area contributed by atoms with E-state index in [4.69, 9.17) is 5.73 Å². The van der Waals surface area contributed by atoms with Crippen LogP contribution in [0.4, 0.5) is 14.5 Å². The molecule has 0 aliphatic heterocycles. The average molecular weight is 202 g/mol. The van der Waals surface area contributed by atoms with Gasteiger partial charge in [0.15, 0.2) is 16.8 Å². The van der Waals surface area contributed by atoms with Gasteiger partial charge in [0, 0.05) is 0 Å². The van der Waals surface area contributed by atoms with Crippen molar-refractivity contribution in [1.82, 2.24) is 0 Å². The van der Waals surface area contributed by atoms with Crippen LogP contribution in [0.1, 0.15) is 0 Å². The third-order valence-corrected chi connectivity index (χ3v) is 1.88. The molecule has 0 spiro atoms. The molecule has 0 saturated heterocycles. The van der Waals surface area contributed by atoms with E-state index in [1.54, 1.807) is 6.26 Å². The van der Waals surface area contributed by atoms with Gasteiger partial charge in [-0.25, -0.2) is 13.8 Å². The Balaban J connectivity index is 3.14. The molecule has 0 saturated carbocycles. The Morgan fingerprint density at radius 2 is 1.92 bits per heavy atom. The van der Waals surface area contributed by atoms with Crippen molar-refractivity contribution in [2.24, 2.45) is 10.7 Å². The Hall–Kier alpha value is -1.10. The van der Waals surface area contributed by atoms with E-state index < -0.39 is 11.6 Å². The standard InChI is InChI=1S/C8H8F2N2S/c1-13-8(11)12-7-5(9)3-2-4-6(7)10/h2-4H,1H3,(H2,11,12). The quantitative estimate of drug-likeness (QED) is 0.560. The molecule has 0 amide bonds. The van der Waals surface area contributed by atoms with Gasteiger partial charge in [0.05, 0.1) is 0 Å². The van der Waals surface area contributed by atoms with Crippen molar-refractivity contribution >= 4 is 22.6 Å². The van der Waals surface area contributed by atoms with E-state index in [9.17, 15) is 8.78 Å². The fraction of sp³-hybridized carbons (Fsp3) is 0.125. The predicted molar refractivity (Wildman–Crippen MR) is 51.2 cm³/mol. The van der Waals surface area contributed by atoms with Crippen LogP contribution in [0.5, 0.6) is 0 Å². The Bertz CT molecular complexity index is 319. The average Bonchev–Trinajstić information content (AvgIpc) is 2.11. The molecular formula is C8H8F2N2S. The van der Waals surface area contributed by atoms with Gasteiger partial charge in [0.2, 0.25) is 0 Å². The molecule has 70 valence electrons. The highest BCUT2D eigenvalue weighted by Crippen LogP contribution is 2.22. The molecule has 0 unspecified atom stereocenters. The minimum absolute atomic E-state index is 0.129. The largest absolute Gasteiger partial charge is 0.378 e. The highest BCUT2D eigenvalue weighted by atomic mass is 32.2. The van der Waals surface area contributed by atoms with Crippen molar-refractivity contribution < 1.29 is 8.78 Å². The van der Waals surface area contributed by atoms with E-state index in [0.29, 0.717) is 0 Å². The number of halogens is 2.